The van der Waals surface area contributed by atoms with Crippen LogP contribution in [-0.2, 0) is 13.0 Å². The van der Waals surface area contributed by atoms with Crippen molar-refractivity contribution in [2.24, 2.45) is 0 Å². The Morgan fingerprint density at radius 3 is 2.78 bits per heavy atom. The van der Waals surface area contributed by atoms with E-state index in [-0.39, 0.29) is 0 Å². The lowest BCUT2D eigenvalue weighted by molar-refractivity contribution is 0.377. The summed E-state index contributed by atoms with van der Waals surface area (Å²) in [4.78, 5) is 13.0. The number of hydrogen-bond donors (Lipinski definition) is 1. The van der Waals surface area contributed by atoms with Gasteiger partial charge in [0.1, 0.15) is 5.82 Å². The van der Waals surface area contributed by atoms with Crippen LogP contribution in [0.2, 0.25) is 0 Å². The smallest absolute Gasteiger partial charge is 0.259 e. The van der Waals surface area contributed by atoms with Crippen LogP contribution >= 0.6 is 0 Å². The van der Waals surface area contributed by atoms with Crippen LogP contribution in [0.4, 0.5) is 5.82 Å². The van der Waals surface area contributed by atoms with Gasteiger partial charge in [-0.2, -0.15) is 9.97 Å². The van der Waals surface area contributed by atoms with Gasteiger partial charge in [-0.25, -0.2) is 4.98 Å². The van der Waals surface area contributed by atoms with Gasteiger partial charge in [0.15, 0.2) is 11.6 Å². The zero-order valence-corrected chi connectivity index (χ0v) is 12.7. The molecule has 3 aromatic rings. The van der Waals surface area contributed by atoms with E-state index in [1.165, 1.54) is 0 Å². The van der Waals surface area contributed by atoms with Gasteiger partial charge in [0.05, 0.1) is 12.1 Å². The molecule has 8 heteroatoms. The van der Waals surface area contributed by atoms with Crippen LogP contribution in [0.25, 0.3) is 11.5 Å². The van der Waals surface area contributed by atoms with Crippen LogP contribution in [-0.4, -0.2) is 25.3 Å². The maximum Gasteiger partial charge on any atom is 0.259 e. The van der Waals surface area contributed by atoms with Crippen molar-refractivity contribution in [3.05, 3.63) is 35.9 Å². The van der Waals surface area contributed by atoms with E-state index in [0.717, 1.165) is 36.5 Å². The fourth-order valence-corrected chi connectivity index (χ4v) is 2.16. The zero-order valence-electron chi connectivity index (χ0n) is 12.7. The molecule has 0 radical (unpaired) electrons. The van der Waals surface area contributed by atoms with Crippen LogP contribution in [0.15, 0.2) is 27.4 Å². The molecule has 0 atom stereocenters. The lowest BCUT2D eigenvalue weighted by atomic mass is 10.3. The van der Waals surface area contributed by atoms with Crippen LogP contribution in [0.5, 0.6) is 0 Å². The Labute approximate surface area is 132 Å². The molecule has 1 fully saturated rings. The Morgan fingerprint density at radius 1 is 1.17 bits per heavy atom. The molecule has 3 heterocycles. The molecule has 8 nitrogen and oxygen atoms in total. The Hall–Kier alpha value is -2.77. The first kappa shape index (κ1) is 13.9. The number of nitrogens with zero attached hydrogens (tertiary/aromatic N) is 5. The molecule has 0 unspecified atom stereocenters. The summed E-state index contributed by atoms with van der Waals surface area (Å²) < 4.78 is 10.3. The summed E-state index contributed by atoms with van der Waals surface area (Å²) in [6.07, 6.45) is 4.74. The minimum atomic E-state index is 0.461. The summed E-state index contributed by atoms with van der Waals surface area (Å²) in [5.41, 5.74) is 0.808. The van der Waals surface area contributed by atoms with Crippen molar-refractivity contribution in [2.75, 3.05) is 5.32 Å². The lowest BCUT2D eigenvalue weighted by Gasteiger charge is -2.02. The van der Waals surface area contributed by atoms with E-state index >= 15 is 0 Å². The summed E-state index contributed by atoms with van der Waals surface area (Å²) in [6, 6.07) is 3.75. The van der Waals surface area contributed by atoms with Gasteiger partial charge < -0.3 is 14.4 Å². The molecule has 23 heavy (non-hydrogen) atoms. The van der Waals surface area contributed by atoms with E-state index in [4.69, 9.17) is 9.05 Å². The van der Waals surface area contributed by atoms with Crippen molar-refractivity contribution in [3.8, 4) is 11.5 Å². The summed E-state index contributed by atoms with van der Waals surface area (Å²) in [5.74, 6) is 3.75. The van der Waals surface area contributed by atoms with Crippen molar-refractivity contribution < 1.29 is 9.05 Å². The third-order valence-corrected chi connectivity index (χ3v) is 3.63. The third kappa shape index (κ3) is 3.05. The van der Waals surface area contributed by atoms with E-state index < -0.39 is 0 Å². The molecule has 0 bridgehead atoms. The molecule has 0 amide bonds. The largest absolute Gasteiger partial charge is 0.363 e. The average Bonchev–Trinajstić information content (AvgIpc) is 3.14. The first-order valence-electron chi connectivity index (χ1n) is 7.67. The van der Waals surface area contributed by atoms with Crippen LogP contribution < -0.4 is 5.32 Å². The second-order valence-corrected chi connectivity index (χ2v) is 5.48. The SMILES string of the molecule is CCc1nc(CNc2ccc(-c3nc(C4CC4)no3)cn2)no1. The van der Waals surface area contributed by atoms with E-state index in [9.17, 15) is 0 Å². The molecule has 1 aliphatic carbocycles. The van der Waals surface area contributed by atoms with Gasteiger partial charge in [0, 0.05) is 18.5 Å². The zero-order chi connectivity index (χ0) is 15.6. The summed E-state index contributed by atoms with van der Waals surface area (Å²) >= 11 is 0. The highest BCUT2D eigenvalue weighted by Gasteiger charge is 2.28. The minimum absolute atomic E-state index is 0.461. The molecule has 1 aliphatic rings. The number of aryl methyl sites for hydroxylation is 1. The van der Waals surface area contributed by atoms with Crippen molar-refractivity contribution in [1.82, 2.24) is 25.3 Å². The van der Waals surface area contributed by atoms with E-state index in [0.29, 0.717) is 30.1 Å². The highest BCUT2D eigenvalue weighted by molar-refractivity contribution is 5.54. The Bertz CT molecular complexity index is 790. The van der Waals surface area contributed by atoms with Crippen molar-refractivity contribution in [3.63, 3.8) is 0 Å². The summed E-state index contributed by atoms with van der Waals surface area (Å²) in [7, 11) is 0. The predicted molar refractivity (Wildman–Crippen MR) is 80.5 cm³/mol. The number of anilines is 1. The van der Waals surface area contributed by atoms with E-state index in [1.807, 2.05) is 19.1 Å². The average molecular weight is 312 g/mol. The fraction of sp³-hybridized carbons (Fsp3) is 0.400. The summed E-state index contributed by atoms with van der Waals surface area (Å²) in [5, 5.41) is 11.0. The molecule has 0 spiro atoms. The molecule has 118 valence electrons. The highest BCUT2D eigenvalue weighted by atomic mass is 16.5. The standard InChI is InChI=1S/C15H16N6O2/c1-2-13-18-12(20-22-13)8-17-11-6-5-10(7-16-11)15-19-14(21-23-15)9-3-4-9/h5-7,9H,2-4,8H2,1H3,(H,16,17). The van der Waals surface area contributed by atoms with Gasteiger partial charge in [0.2, 0.25) is 5.89 Å². The predicted octanol–water partition coefficient (Wildman–Crippen LogP) is 2.57. The van der Waals surface area contributed by atoms with E-state index in [1.54, 1.807) is 6.20 Å². The number of hydrogen-bond acceptors (Lipinski definition) is 8. The molecule has 1 saturated carbocycles. The molecule has 3 aromatic heterocycles. The van der Waals surface area contributed by atoms with Gasteiger partial charge in [0.25, 0.3) is 5.89 Å². The topological polar surface area (TPSA) is 103 Å². The third-order valence-electron chi connectivity index (χ3n) is 3.63. The first-order chi connectivity index (χ1) is 11.3. The second kappa shape index (κ2) is 5.79. The van der Waals surface area contributed by atoms with E-state index in [2.05, 4.69) is 30.6 Å². The molecule has 4 rings (SSSR count). The summed E-state index contributed by atoms with van der Waals surface area (Å²) in [6.45, 7) is 2.43. The van der Waals surface area contributed by atoms with Gasteiger partial charge >= 0.3 is 0 Å². The number of nitrogens with one attached hydrogen (secondary N) is 1. The molecule has 1 N–H and O–H groups in total. The lowest BCUT2D eigenvalue weighted by Crippen LogP contribution is -2.02. The van der Waals surface area contributed by atoms with Gasteiger partial charge in [-0.05, 0) is 25.0 Å². The molecule has 0 aliphatic heterocycles. The second-order valence-electron chi connectivity index (χ2n) is 5.48. The Kier molecular flexibility index (Phi) is 3.49. The van der Waals surface area contributed by atoms with Crippen LogP contribution in [0.1, 0.15) is 43.2 Å². The molecule has 0 aromatic carbocycles. The van der Waals surface area contributed by atoms with Crippen molar-refractivity contribution in [1.29, 1.82) is 0 Å². The quantitative estimate of drug-likeness (QED) is 0.740. The number of aromatic nitrogens is 5. The number of rotatable bonds is 6. The molecular weight excluding hydrogens is 296 g/mol. The normalized spacial score (nSPS) is 14.1. The monoisotopic (exact) mass is 312 g/mol. The Balaban J connectivity index is 1.40. The maximum atomic E-state index is 5.28. The first-order valence-corrected chi connectivity index (χ1v) is 7.67. The molecule has 0 saturated heterocycles. The fourth-order valence-electron chi connectivity index (χ4n) is 2.16. The minimum Gasteiger partial charge on any atom is -0.363 e. The highest BCUT2D eigenvalue weighted by Crippen LogP contribution is 2.38. The number of pyridine rings is 1. The van der Waals surface area contributed by atoms with Crippen LogP contribution in [0, 0.1) is 0 Å². The molecular formula is C15H16N6O2. The van der Waals surface area contributed by atoms with Crippen LogP contribution in [0.3, 0.4) is 0 Å². The van der Waals surface area contributed by atoms with Gasteiger partial charge in [-0.1, -0.05) is 17.2 Å². The van der Waals surface area contributed by atoms with Gasteiger partial charge in [-0.15, -0.1) is 0 Å². The van der Waals surface area contributed by atoms with Crippen molar-refractivity contribution >= 4 is 5.82 Å². The van der Waals surface area contributed by atoms with Gasteiger partial charge in [-0.3, -0.25) is 0 Å². The maximum absolute atomic E-state index is 5.28. The van der Waals surface area contributed by atoms with Crippen molar-refractivity contribution in [2.45, 2.75) is 38.6 Å². The Morgan fingerprint density at radius 2 is 2.09 bits per heavy atom.